The van der Waals surface area contributed by atoms with E-state index in [2.05, 4.69) is 15.3 Å². The van der Waals surface area contributed by atoms with Crippen molar-refractivity contribution in [1.82, 2.24) is 5.43 Å². The van der Waals surface area contributed by atoms with Crippen LogP contribution in [0.4, 0.5) is 13.2 Å². The van der Waals surface area contributed by atoms with E-state index in [1.807, 2.05) is 0 Å². The van der Waals surface area contributed by atoms with Gasteiger partial charge in [0.15, 0.2) is 16.6 Å². The molecule has 1 amide bonds. The summed E-state index contributed by atoms with van der Waals surface area (Å²) in [6.45, 7) is -3.00. The molecule has 122 valence electrons. The molecule has 1 aromatic carbocycles. The molecule has 0 fully saturated rings. The Morgan fingerprint density at radius 1 is 1.30 bits per heavy atom. The van der Waals surface area contributed by atoms with Crippen LogP contribution in [0.15, 0.2) is 35.4 Å². The fourth-order valence-electron chi connectivity index (χ4n) is 1.62. The smallest absolute Gasteiger partial charge is 0.387 e. The lowest BCUT2D eigenvalue weighted by Crippen LogP contribution is -2.17. The summed E-state index contributed by atoms with van der Waals surface area (Å²) in [5.41, 5.74) is 2.38. The number of carbonyl (C=O) groups excluding carboxylic acids is 1. The predicted molar refractivity (Wildman–Crippen MR) is 79.0 cm³/mol. The summed E-state index contributed by atoms with van der Waals surface area (Å²) >= 11 is 0.874. The molecule has 9 heteroatoms. The fraction of sp³-hybridized carbons (Fsp3) is 0.143. The average Bonchev–Trinajstić information content (AvgIpc) is 2.92. The Balaban J connectivity index is 2.05. The number of alkyl halides is 2. The van der Waals surface area contributed by atoms with Crippen LogP contribution >= 0.6 is 11.3 Å². The monoisotopic (exact) mass is 344 g/mol. The molecule has 1 aromatic heterocycles. The molecule has 0 aliphatic carbocycles. The maximum Gasteiger partial charge on any atom is 0.387 e. The van der Waals surface area contributed by atoms with Gasteiger partial charge in [0.25, 0.3) is 5.91 Å². The van der Waals surface area contributed by atoms with Gasteiger partial charge >= 0.3 is 6.61 Å². The van der Waals surface area contributed by atoms with Crippen molar-refractivity contribution in [2.75, 3.05) is 7.11 Å². The predicted octanol–water partition coefficient (Wildman–Crippen LogP) is 3.26. The van der Waals surface area contributed by atoms with E-state index < -0.39 is 12.5 Å². The summed E-state index contributed by atoms with van der Waals surface area (Å²) in [5.74, 6) is -0.779. The first kappa shape index (κ1) is 16.8. The summed E-state index contributed by atoms with van der Waals surface area (Å²) in [6.07, 6.45) is 1.29. The highest BCUT2D eigenvalue weighted by atomic mass is 32.1. The van der Waals surface area contributed by atoms with Gasteiger partial charge in [0, 0.05) is 5.56 Å². The first-order chi connectivity index (χ1) is 11.0. The van der Waals surface area contributed by atoms with E-state index in [1.54, 1.807) is 0 Å². The first-order valence-corrected chi connectivity index (χ1v) is 7.03. The lowest BCUT2D eigenvalue weighted by Gasteiger charge is -2.10. The maximum atomic E-state index is 12.8. The Kier molecular flexibility index (Phi) is 5.58. The van der Waals surface area contributed by atoms with Crippen molar-refractivity contribution < 1.29 is 27.4 Å². The molecule has 0 aliphatic rings. The lowest BCUT2D eigenvalue weighted by atomic mass is 10.2. The first-order valence-electron chi connectivity index (χ1n) is 6.21. The van der Waals surface area contributed by atoms with Gasteiger partial charge in [-0.3, -0.25) is 4.79 Å². The summed E-state index contributed by atoms with van der Waals surface area (Å²) in [5, 5.41) is 3.32. The van der Waals surface area contributed by atoms with Gasteiger partial charge in [0.1, 0.15) is 0 Å². The third kappa shape index (κ3) is 4.71. The van der Waals surface area contributed by atoms with Crippen molar-refractivity contribution in [3.05, 3.63) is 45.9 Å². The van der Waals surface area contributed by atoms with Crippen molar-refractivity contribution in [2.24, 2.45) is 5.10 Å². The van der Waals surface area contributed by atoms with Crippen molar-refractivity contribution in [3.63, 3.8) is 0 Å². The normalized spacial score (nSPS) is 11.0. The molecule has 0 bridgehead atoms. The van der Waals surface area contributed by atoms with Gasteiger partial charge in [-0.1, -0.05) is 0 Å². The maximum absolute atomic E-state index is 12.8. The van der Waals surface area contributed by atoms with E-state index in [0.29, 0.717) is 4.88 Å². The summed E-state index contributed by atoms with van der Waals surface area (Å²) in [6, 6.07) is 6.51. The molecule has 5 nitrogen and oxygen atoms in total. The van der Waals surface area contributed by atoms with Crippen LogP contribution in [0.2, 0.25) is 0 Å². The topological polar surface area (TPSA) is 59.9 Å². The van der Waals surface area contributed by atoms with E-state index >= 15 is 0 Å². The second-order valence-corrected chi connectivity index (χ2v) is 5.15. The van der Waals surface area contributed by atoms with Crippen LogP contribution in [0.3, 0.4) is 0 Å². The quantitative estimate of drug-likeness (QED) is 0.646. The zero-order valence-corrected chi connectivity index (χ0v) is 12.6. The van der Waals surface area contributed by atoms with E-state index in [4.69, 9.17) is 4.74 Å². The minimum atomic E-state index is -3.00. The average molecular weight is 344 g/mol. The van der Waals surface area contributed by atoms with Crippen LogP contribution in [-0.2, 0) is 0 Å². The Morgan fingerprint density at radius 2 is 2.09 bits per heavy atom. The zero-order valence-electron chi connectivity index (χ0n) is 11.8. The number of halogens is 3. The van der Waals surface area contributed by atoms with Gasteiger partial charge in [-0.2, -0.15) is 18.3 Å². The molecule has 0 spiro atoms. The Morgan fingerprint density at radius 3 is 2.70 bits per heavy atom. The lowest BCUT2D eigenvalue weighted by molar-refractivity contribution is -0.0512. The number of rotatable bonds is 6. The summed E-state index contributed by atoms with van der Waals surface area (Å²) < 4.78 is 46.4. The van der Waals surface area contributed by atoms with Crippen molar-refractivity contribution >= 4 is 23.5 Å². The molecular weight excluding hydrogens is 333 g/mol. The third-order valence-electron chi connectivity index (χ3n) is 2.59. The summed E-state index contributed by atoms with van der Waals surface area (Å²) in [4.78, 5) is 12.4. The van der Waals surface area contributed by atoms with Crippen LogP contribution < -0.4 is 14.9 Å². The molecule has 0 unspecified atom stereocenters. The number of carbonyl (C=O) groups is 1. The second-order valence-electron chi connectivity index (χ2n) is 4.09. The highest BCUT2D eigenvalue weighted by molar-refractivity contribution is 7.12. The molecule has 0 aliphatic heterocycles. The SMILES string of the molecule is COc1cc(C(=O)NN=Cc2ccc(F)s2)ccc1OC(F)F. The van der Waals surface area contributed by atoms with E-state index in [-0.39, 0.29) is 22.2 Å². The van der Waals surface area contributed by atoms with Crippen LogP contribution in [0, 0.1) is 5.13 Å². The van der Waals surface area contributed by atoms with Crippen LogP contribution in [0.25, 0.3) is 0 Å². The number of ether oxygens (including phenoxy) is 2. The Bertz CT molecular complexity index is 719. The highest BCUT2D eigenvalue weighted by Gasteiger charge is 2.13. The largest absolute Gasteiger partial charge is 0.493 e. The Hall–Kier alpha value is -2.55. The summed E-state index contributed by atoms with van der Waals surface area (Å²) in [7, 11) is 1.26. The molecular formula is C14H11F3N2O3S. The highest BCUT2D eigenvalue weighted by Crippen LogP contribution is 2.29. The van der Waals surface area contributed by atoms with Gasteiger partial charge in [-0.15, -0.1) is 11.3 Å². The van der Waals surface area contributed by atoms with Crippen LogP contribution in [-0.4, -0.2) is 25.8 Å². The molecule has 0 saturated carbocycles. The molecule has 0 saturated heterocycles. The van der Waals surface area contributed by atoms with E-state index in [1.165, 1.54) is 43.7 Å². The third-order valence-corrected chi connectivity index (χ3v) is 3.40. The standard InChI is InChI=1S/C14H11F3N2O3S/c1-21-11-6-8(2-4-10(11)22-14(16)17)13(20)19-18-7-9-3-5-12(15)23-9/h2-7,14H,1H3,(H,19,20). The minimum Gasteiger partial charge on any atom is -0.493 e. The van der Waals surface area contributed by atoms with Gasteiger partial charge in [-0.05, 0) is 30.3 Å². The van der Waals surface area contributed by atoms with Crippen molar-refractivity contribution in [2.45, 2.75) is 6.61 Å². The Labute approximate surface area is 133 Å². The number of nitrogens with zero attached hydrogens (tertiary/aromatic N) is 1. The number of methoxy groups -OCH3 is 1. The van der Waals surface area contributed by atoms with Gasteiger partial charge in [0.2, 0.25) is 0 Å². The number of thiophene rings is 1. The minimum absolute atomic E-state index is 0.0118. The molecule has 1 heterocycles. The second kappa shape index (κ2) is 7.63. The molecule has 0 atom stereocenters. The molecule has 1 N–H and O–H groups in total. The number of amides is 1. The number of nitrogens with one attached hydrogen (secondary N) is 1. The van der Waals surface area contributed by atoms with Gasteiger partial charge in [-0.25, -0.2) is 5.43 Å². The molecule has 2 rings (SSSR count). The number of hydrogen-bond donors (Lipinski definition) is 1. The fourth-order valence-corrected chi connectivity index (χ4v) is 2.22. The number of hydrazone groups is 1. The van der Waals surface area contributed by atoms with Gasteiger partial charge < -0.3 is 9.47 Å². The van der Waals surface area contributed by atoms with E-state index in [0.717, 1.165) is 11.3 Å². The number of hydrogen-bond acceptors (Lipinski definition) is 5. The van der Waals surface area contributed by atoms with Gasteiger partial charge in [0.05, 0.1) is 18.2 Å². The zero-order chi connectivity index (χ0) is 16.8. The molecule has 2 aromatic rings. The van der Waals surface area contributed by atoms with Crippen LogP contribution in [0.1, 0.15) is 15.2 Å². The number of benzene rings is 1. The van der Waals surface area contributed by atoms with Crippen LogP contribution in [0.5, 0.6) is 11.5 Å². The van der Waals surface area contributed by atoms with Crippen molar-refractivity contribution in [1.29, 1.82) is 0 Å². The van der Waals surface area contributed by atoms with Crippen molar-refractivity contribution in [3.8, 4) is 11.5 Å². The molecule has 23 heavy (non-hydrogen) atoms. The molecule has 0 radical (unpaired) electrons. The van der Waals surface area contributed by atoms with E-state index in [9.17, 15) is 18.0 Å².